The number of amides is 1. The SMILES string of the molecule is CCCNc1nc(C)cc(C(=O)Nc2ccc(OC)c(Cl)c2)n1. The van der Waals surface area contributed by atoms with Crippen molar-refractivity contribution in [1.29, 1.82) is 0 Å². The number of methoxy groups -OCH3 is 1. The van der Waals surface area contributed by atoms with Crippen LogP contribution in [-0.4, -0.2) is 29.5 Å². The van der Waals surface area contributed by atoms with Gasteiger partial charge in [-0.25, -0.2) is 9.97 Å². The van der Waals surface area contributed by atoms with Gasteiger partial charge in [0.15, 0.2) is 0 Å². The van der Waals surface area contributed by atoms with Crippen LogP contribution in [0.3, 0.4) is 0 Å². The van der Waals surface area contributed by atoms with Gasteiger partial charge < -0.3 is 15.4 Å². The van der Waals surface area contributed by atoms with E-state index in [1.54, 1.807) is 24.3 Å². The van der Waals surface area contributed by atoms with Gasteiger partial charge >= 0.3 is 0 Å². The molecule has 2 rings (SSSR count). The van der Waals surface area contributed by atoms with Crippen LogP contribution in [-0.2, 0) is 0 Å². The first-order valence-corrected chi connectivity index (χ1v) is 7.65. The van der Waals surface area contributed by atoms with Crippen LogP contribution in [0.1, 0.15) is 29.5 Å². The molecule has 23 heavy (non-hydrogen) atoms. The lowest BCUT2D eigenvalue weighted by Crippen LogP contribution is -2.16. The molecule has 0 atom stereocenters. The number of rotatable bonds is 6. The lowest BCUT2D eigenvalue weighted by Gasteiger charge is -2.09. The Kier molecular flexibility index (Phi) is 5.76. The van der Waals surface area contributed by atoms with Gasteiger partial charge in [0.05, 0.1) is 12.1 Å². The van der Waals surface area contributed by atoms with E-state index in [1.165, 1.54) is 7.11 Å². The van der Waals surface area contributed by atoms with E-state index in [0.29, 0.717) is 28.1 Å². The largest absolute Gasteiger partial charge is 0.495 e. The fourth-order valence-corrected chi connectivity index (χ4v) is 2.20. The molecule has 0 aliphatic carbocycles. The number of hydrogen-bond donors (Lipinski definition) is 2. The van der Waals surface area contributed by atoms with Crippen LogP contribution in [0.5, 0.6) is 5.75 Å². The molecule has 122 valence electrons. The van der Waals surface area contributed by atoms with Crippen molar-refractivity contribution in [1.82, 2.24) is 9.97 Å². The molecule has 0 fully saturated rings. The highest BCUT2D eigenvalue weighted by Crippen LogP contribution is 2.27. The number of aryl methyl sites for hydroxylation is 1. The zero-order chi connectivity index (χ0) is 16.8. The molecular formula is C16H19ClN4O2. The number of aromatic nitrogens is 2. The number of halogens is 1. The van der Waals surface area contributed by atoms with Gasteiger partial charge in [-0.05, 0) is 37.6 Å². The molecule has 0 radical (unpaired) electrons. The minimum Gasteiger partial charge on any atom is -0.495 e. The molecule has 0 spiro atoms. The summed E-state index contributed by atoms with van der Waals surface area (Å²) in [5, 5.41) is 6.27. The Hall–Kier alpha value is -2.34. The van der Waals surface area contributed by atoms with Crippen LogP contribution in [0.25, 0.3) is 0 Å². The number of nitrogens with one attached hydrogen (secondary N) is 2. The maximum absolute atomic E-state index is 12.4. The van der Waals surface area contributed by atoms with Gasteiger partial charge in [0.1, 0.15) is 11.4 Å². The van der Waals surface area contributed by atoms with E-state index in [1.807, 2.05) is 13.8 Å². The molecule has 1 heterocycles. The van der Waals surface area contributed by atoms with Gasteiger partial charge in [-0.3, -0.25) is 4.79 Å². The smallest absolute Gasteiger partial charge is 0.274 e. The Morgan fingerprint density at radius 2 is 2.09 bits per heavy atom. The third-order valence-corrected chi connectivity index (χ3v) is 3.32. The summed E-state index contributed by atoms with van der Waals surface area (Å²) in [6.07, 6.45) is 0.948. The van der Waals surface area contributed by atoms with E-state index in [-0.39, 0.29) is 5.91 Å². The Balaban J connectivity index is 2.17. The Morgan fingerprint density at radius 1 is 1.30 bits per heavy atom. The number of nitrogens with zero attached hydrogens (tertiary/aromatic N) is 2. The molecule has 1 amide bonds. The van der Waals surface area contributed by atoms with Crippen molar-refractivity contribution in [2.24, 2.45) is 0 Å². The first-order valence-electron chi connectivity index (χ1n) is 7.28. The summed E-state index contributed by atoms with van der Waals surface area (Å²) in [6.45, 7) is 4.61. The van der Waals surface area contributed by atoms with Crippen molar-refractivity contribution >= 4 is 29.1 Å². The van der Waals surface area contributed by atoms with Crippen molar-refractivity contribution in [2.75, 3.05) is 24.3 Å². The van der Waals surface area contributed by atoms with Crippen molar-refractivity contribution in [3.05, 3.63) is 40.7 Å². The average Bonchev–Trinajstić information content (AvgIpc) is 2.52. The summed E-state index contributed by atoms with van der Waals surface area (Å²) in [4.78, 5) is 20.8. The van der Waals surface area contributed by atoms with E-state index < -0.39 is 0 Å². The highest BCUT2D eigenvalue weighted by atomic mass is 35.5. The van der Waals surface area contributed by atoms with E-state index in [2.05, 4.69) is 20.6 Å². The molecular weight excluding hydrogens is 316 g/mol. The molecule has 2 aromatic rings. The van der Waals surface area contributed by atoms with Gasteiger partial charge in [-0.15, -0.1) is 0 Å². The number of anilines is 2. The molecule has 1 aromatic heterocycles. The molecule has 0 aliphatic heterocycles. The molecule has 2 N–H and O–H groups in total. The van der Waals surface area contributed by atoms with Gasteiger partial charge in [-0.1, -0.05) is 18.5 Å². The highest BCUT2D eigenvalue weighted by Gasteiger charge is 2.12. The predicted molar refractivity (Wildman–Crippen MR) is 91.5 cm³/mol. The fraction of sp³-hybridized carbons (Fsp3) is 0.312. The standard InChI is InChI=1S/C16H19ClN4O2/c1-4-7-18-16-19-10(2)8-13(21-16)15(22)20-11-5-6-14(23-3)12(17)9-11/h5-6,8-9H,4,7H2,1-3H3,(H,20,22)(H,18,19,21). The summed E-state index contributed by atoms with van der Waals surface area (Å²) in [7, 11) is 1.54. The third-order valence-electron chi connectivity index (χ3n) is 3.03. The summed E-state index contributed by atoms with van der Waals surface area (Å²) in [6, 6.07) is 6.67. The van der Waals surface area contributed by atoms with Crippen LogP contribution in [0.15, 0.2) is 24.3 Å². The van der Waals surface area contributed by atoms with Crippen LogP contribution in [0.4, 0.5) is 11.6 Å². The first kappa shape index (κ1) is 17.0. The summed E-state index contributed by atoms with van der Waals surface area (Å²) in [5.41, 5.74) is 1.58. The first-order chi connectivity index (χ1) is 11.0. The third kappa shape index (κ3) is 4.56. The van der Waals surface area contributed by atoms with Crippen LogP contribution in [0, 0.1) is 6.92 Å². The fourth-order valence-electron chi connectivity index (χ4n) is 1.94. The average molecular weight is 335 g/mol. The number of carbonyl (C=O) groups is 1. The zero-order valence-electron chi connectivity index (χ0n) is 13.3. The second kappa shape index (κ2) is 7.78. The molecule has 6 nitrogen and oxygen atoms in total. The second-order valence-corrected chi connectivity index (χ2v) is 5.36. The molecule has 0 saturated carbocycles. The zero-order valence-corrected chi connectivity index (χ0v) is 14.1. The monoisotopic (exact) mass is 334 g/mol. The maximum atomic E-state index is 12.4. The van der Waals surface area contributed by atoms with Crippen molar-refractivity contribution in [3.8, 4) is 5.75 Å². The van der Waals surface area contributed by atoms with E-state index in [4.69, 9.17) is 16.3 Å². The topological polar surface area (TPSA) is 76.1 Å². The van der Waals surface area contributed by atoms with Crippen molar-refractivity contribution in [2.45, 2.75) is 20.3 Å². The van der Waals surface area contributed by atoms with Gasteiger partial charge in [0.25, 0.3) is 5.91 Å². The summed E-state index contributed by atoms with van der Waals surface area (Å²) in [5.74, 6) is 0.676. The number of carbonyl (C=O) groups excluding carboxylic acids is 1. The normalized spacial score (nSPS) is 10.3. The summed E-state index contributed by atoms with van der Waals surface area (Å²) >= 11 is 6.05. The van der Waals surface area contributed by atoms with Gasteiger partial charge in [0, 0.05) is 17.9 Å². The Labute approximate surface area is 140 Å². The number of benzene rings is 1. The van der Waals surface area contributed by atoms with Crippen molar-refractivity contribution in [3.63, 3.8) is 0 Å². The van der Waals surface area contributed by atoms with Crippen LogP contribution < -0.4 is 15.4 Å². The highest BCUT2D eigenvalue weighted by molar-refractivity contribution is 6.32. The molecule has 0 aliphatic rings. The molecule has 0 saturated heterocycles. The predicted octanol–water partition coefficient (Wildman–Crippen LogP) is 3.52. The minimum absolute atomic E-state index is 0.294. The van der Waals surface area contributed by atoms with Gasteiger partial charge in [-0.2, -0.15) is 0 Å². The van der Waals surface area contributed by atoms with E-state index >= 15 is 0 Å². The number of ether oxygens (including phenoxy) is 1. The Morgan fingerprint density at radius 3 is 2.74 bits per heavy atom. The van der Waals surface area contributed by atoms with Gasteiger partial charge in [0.2, 0.25) is 5.95 Å². The van der Waals surface area contributed by atoms with Crippen LogP contribution in [0.2, 0.25) is 5.02 Å². The molecule has 7 heteroatoms. The molecule has 0 bridgehead atoms. The van der Waals surface area contributed by atoms with E-state index in [9.17, 15) is 4.79 Å². The van der Waals surface area contributed by atoms with Crippen molar-refractivity contribution < 1.29 is 9.53 Å². The maximum Gasteiger partial charge on any atom is 0.274 e. The van der Waals surface area contributed by atoms with E-state index in [0.717, 1.165) is 18.7 Å². The lowest BCUT2D eigenvalue weighted by molar-refractivity contribution is 0.102. The summed E-state index contributed by atoms with van der Waals surface area (Å²) < 4.78 is 5.09. The molecule has 0 unspecified atom stereocenters. The lowest BCUT2D eigenvalue weighted by atomic mass is 10.2. The Bertz CT molecular complexity index is 706. The second-order valence-electron chi connectivity index (χ2n) is 4.95. The molecule has 1 aromatic carbocycles. The minimum atomic E-state index is -0.323. The quantitative estimate of drug-likeness (QED) is 0.845. The number of hydrogen-bond acceptors (Lipinski definition) is 5. The van der Waals surface area contributed by atoms with Crippen LogP contribution >= 0.6 is 11.6 Å².